The lowest BCUT2D eigenvalue weighted by atomic mass is 10.5. The normalized spacial score (nSPS) is 22.9. The van der Waals surface area contributed by atoms with Crippen molar-refractivity contribution in [3.8, 4) is 0 Å². The number of epoxide rings is 1. The second-order valence-corrected chi connectivity index (χ2v) is 14.4. The summed E-state index contributed by atoms with van der Waals surface area (Å²) in [7, 11) is -3.39. The second kappa shape index (κ2) is 5.14. The molecule has 0 radical (unpaired) electrons. The molecule has 5 heteroatoms. The van der Waals surface area contributed by atoms with Gasteiger partial charge in [-0.3, -0.25) is 0 Å². The third-order valence-electron chi connectivity index (χ3n) is 2.50. The van der Waals surface area contributed by atoms with E-state index in [0.29, 0.717) is 12.7 Å². The molecule has 2 unspecified atom stereocenters. The van der Waals surface area contributed by atoms with Crippen molar-refractivity contribution in [3.05, 3.63) is 12.7 Å². The Morgan fingerprint density at radius 2 is 1.94 bits per heavy atom. The van der Waals surface area contributed by atoms with E-state index in [4.69, 9.17) is 13.6 Å². The Morgan fingerprint density at radius 1 is 1.38 bits per heavy atom. The molecule has 1 aliphatic heterocycles. The van der Waals surface area contributed by atoms with Crippen LogP contribution in [0.4, 0.5) is 0 Å². The summed E-state index contributed by atoms with van der Waals surface area (Å²) in [4.78, 5) is 0. The zero-order chi connectivity index (χ0) is 12.4. The summed E-state index contributed by atoms with van der Waals surface area (Å²) in [5, 5.41) is 0. The molecule has 0 aromatic heterocycles. The van der Waals surface area contributed by atoms with Crippen LogP contribution in [0.15, 0.2) is 12.7 Å². The van der Waals surface area contributed by atoms with Crippen molar-refractivity contribution in [3.63, 3.8) is 0 Å². The molecule has 1 rings (SSSR count). The van der Waals surface area contributed by atoms with Crippen LogP contribution in [0.5, 0.6) is 0 Å². The highest BCUT2D eigenvalue weighted by molar-refractivity contribution is 6.79. The van der Waals surface area contributed by atoms with Gasteiger partial charge in [0.2, 0.25) is 0 Å². The highest BCUT2D eigenvalue weighted by Crippen LogP contribution is 2.20. The molecule has 2 atom stereocenters. The van der Waals surface area contributed by atoms with E-state index in [2.05, 4.69) is 39.3 Å². The average Bonchev–Trinajstić information content (AvgIpc) is 2.93. The average molecular weight is 260 g/mol. The molecule has 3 nitrogen and oxygen atoms in total. The fourth-order valence-electron chi connectivity index (χ4n) is 1.38. The van der Waals surface area contributed by atoms with Crippen LogP contribution in [-0.4, -0.2) is 41.7 Å². The third kappa shape index (κ3) is 4.92. The Labute approximate surface area is 101 Å². The Bertz CT molecular complexity index is 244. The molecule has 94 valence electrons. The van der Waals surface area contributed by atoms with Crippen LogP contribution in [0.25, 0.3) is 0 Å². The van der Waals surface area contributed by atoms with Gasteiger partial charge in [0.1, 0.15) is 6.10 Å². The molecule has 0 aromatic rings. The molecular formula is C11H24O3Si2. The van der Waals surface area contributed by atoms with Gasteiger partial charge in [0.05, 0.1) is 27.0 Å². The van der Waals surface area contributed by atoms with E-state index in [1.165, 1.54) is 0 Å². The zero-order valence-corrected chi connectivity index (χ0v) is 13.1. The summed E-state index contributed by atoms with van der Waals surface area (Å²) in [5.74, 6) is 0. The predicted molar refractivity (Wildman–Crippen MR) is 71.6 cm³/mol. The van der Waals surface area contributed by atoms with E-state index in [1.807, 2.05) is 6.08 Å². The van der Waals surface area contributed by atoms with Crippen LogP contribution >= 0.6 is 0 Å². The molecule has 0 amide bonds. The first-order valence-corrected chi connectivity index (χ1v) is 12.2. The van der Waals surface area contributed by atoms with Gasteiger partial charge in [0, 0.05) is 0 Å². The Balaban J connectivity index is 2.44. The van der Waals surface area contributed by atoms with Crippen molar-refractivity contribution in [2.45, 2.75) is 44.6 Å². The molecular weight excluding hydrogens is 236 g/mol. The van der Waals surface area contributed by atoms with Crippen molar-refractivity contribution < 1.29 is 13.6 Å². The minimum Gasteiger partial charge on any atom is -0.392 e. The molecule has 0 N–H and O–H groups in total. The van der Waals surface area contributed by atoms with E-state index in [0.717, 1.165) is 6.61 Å². The maximum atomic E-state index is 6.13. The molecule has 1 heterocycles. The molecule has 1 aliphatic rings. The lowest BCUT2D eigenvalue weighted by Gasteiger charge is -2.33. The summed E-state index contributed by atoms with van der Waals surface area (Å²) >= 11 is 0. The van der Waals surface area contributed by atoms with E-state index in [-0.39, 0.29) is 5.73 Å². The first kappa shape index (κ1) is 14.1. The monoisotopic (exact) mass is 260 g/mol. The first-order chi connectivity index (χ1) is 7.24. The summed E-state index contributed by atoms with van der Waals surface area (Å²) in [6, 6.07) is 0. The molecule has 1 fully saturated rings. The molecule has 1 saturated heterocycles. The Morgan fingerprint density at radius 3 is 2.31 bits per heavy atom. The van der Waals surface area contributed by atoms with Crippen LogP contribution in [0.2, 0.25) is 32.7 Å². The van der Waals surface area contributed by atoms with E-state index < -0.39 is 16.6 Å². The van der Waals surface area contributed by atoms with Gasteiger partial charge in [-0.2, -0.15) is 0 Å². The van der Waals surface area contributed by atoms with Crippen molar-refractivity contribution in [1.82, 2.24) is 0 Å². The molecule has 16 heavy (non-hydrogen) atoms. The van der Waals surface area contributed by atoms with Gasteiger partial charge in [-0.05, 0) is 13.1 Å². The Kier molecular flexibility index (Phi) is 4.53. The molecule has 0 spiro atoms. The van der Waals surface area contributed by atoms with Crippen molar-refractivity contribution in [2.24, 2.45) is 0 Å². The summed E-state index contributed by atoms with van der Waals surface area (Å²) in [6.07, 6.45) is 2.24. The van der Waals surface area contributed by atoms with Crippen LogP contribution < -0.4 is 0 Å². The molecule has 0 aromatic carbocycles. The number of ether oxygens (including phenoxy) is 1. The Hall–Kier alpha value is 0.0538. The summed E-state index contributed by atoms with van der Waals surface area (Å²) in [6.45, 7) is 16.4. The summed E-state index contributed by atoms with van der Waals surface area (Å²) in [5.41, 5.74) is 0.175. The van der Waals surface area contributed by atoms with Gasteiger partial charge in [-0.15, -0.1) is 6.58 Å². The zero-order valence-electron chi connectivity index (χ0n) is 11.1. The first-order valence-electron chi connectivity index (χ1n) is 5.80. The SMILES string of the molecule is C=CC(O[Si](C)(C)OCC1CO1)[Si](C)(C)C. The lowest BCUT2D eigenvalue weighted by molar-refractivity contribution is 0.162. The minimum absolute atomic E-state index is 0.175. The standard InChI is InChI=1S/C11H24O3Si2/c1-7-11(15(2,3)4)14-16(5,6)13-9-10-8-12-10/h7,10-11H,1,8-9H2,2-6H3. The van der Waals surface area contributed by atoms with E-state index in [1.54, 1.807) is 0 Å². The topological polar surface area (TPSA) is 31.0 Å². The van der Waals surface area contributed by atoms with Crippen LogP contribution in [0.3, 0.4) is 0 Å². The number of hydrogen-bond donors (Lipinski definition) is 0. The van der Waals surface area contributed by atoms with Crippen LogP contribution in [-0.2, 0) is 13.6 Å². The van der Waals surface area contributed by atoms with Crippen molar-refractivity contribution in [1.29, 1.82) is 0 Å². The fraction of sp³-hybridized carbons (Fsp3) is 0.818. The second-order valence-electron chi connectivity index (χ2n) is 5.81. The van der Waals surface area contributed by atoms with Gasteiger partial charge in [-0.25, -0.2) is 0 Å². The van der Waals surface area contributed by atoms with Crippen LogP contribution in [0, 0.1) is 0 Å². The molecule has 0 aliphatic carbocycles. The predicted octanol–water partition coefficient (Wildman–Crippen LogP) is 2.55. The minimum atomic E-state index is -2.04. The van der Waals surface area contributed by atoms with E-state index in [9.17, 15) is 0 Å². The smallest absolute Gasteiger partial charge is 0.332 e. The van der Waals surface area contributed by atoms with Crippen LogP contribution in [0.1, 0.15) is 0 Å². The van der Waals surface area contributed by atoms with Gasteiger partial charge in [-0.1, -0.05) is 25.7 Å². The van der Waals surface area contributed by atoms with Gasteiger partial charge in [0.25, 0.3) is 0 Å². The number of hydrogen-bond acceptors (Lipinski definition) is 3. The van der Waals surface area contributed by atoms with E-state index >= 15 is 0 Å². The lowest BCUT2D eigenvalue weighted by Crippen LogP contribution is -2.48. The fourth-order valence-corrected chi connectivity index (χ4v) is 5.71. The number of rotatable bonds is 7. The largest absolute Gasteiger partial charge is 0.392 e. The van der Waals surface area contributed by atoms with Gasteiger partial charge in [0.15, 0.2) is 0 Å². The molecule has 0 saturated carbocycles. The highest BCUT2D eigenvalue weighted by atomic mass is 28.4. The maximum Gasteiger partial charge on any atom is 0.332 e. The van der Waals surface area contributed by atoms with Gasteiger partial charge < -0.3 is 13.6 Å². The van der Waals surface area contributed by atoms with Crippen molar-refractivity contribution in [2.75, 3.05) is 13.2 Å². The molecule has 0 bridgehead atoms. The highest BCUT2D eigenvalue weighted by Gasteiger charge is 2.36. The maximum absolute atomic E-state index is 6.13. The van der Waals surface area contributed by atoms with Gasteiger partial charge >= 0.3 is 8.56 Å². The third-order valence-corrected chi connectivity index (χ3v) is 6.48. The summed E-state index contributed by atoms with van der Waals surface area (Å²) < 4.78 is 17.1. The quantitative estimate of drug-likeness (QED) is 0.400. The van der Waals surface area contributed by atoms with Crippen molar-refractivity contribution >= 4 is 16.6 Å².